The predicted octanol–water partition coefficient (Wildman–Crippen LogP) is 0.944. The molecule has 0 amide bonds. The number of rotatable bonds is 12. The van der Waals surface area contributed by atoms with Crippen LogP contribution in [0.3, 0.4) is 0 Å². The summed E-state index contributed by atoms with van der Waals surface area (Å²) in [6.45, 7) is 2.13. The third-order valence-electron chi connectivity index (χ3n) is 4.10. The summed E-state index contributed by atoms with van der Waals surface area (Å²) in [6.07, 6.45) is 3.92. The van der Waals surface area contributed by atoms with Gasteiger partial charge in [0, 0.05) is 6.61 Å². The average Bonchev–Trinajstić information content (AvgIpc) is 2.81. The van der Waals surface area contributed by atoms with Crippen molar-refractivity contribution in [1.82, 2.24) is 0 Å². The highest BCUT2D eigenvalue weighted by molar-refractivity contribution is 4.90. The molecule has 0 radical (unpaired) electrons. The molecule has 0 aromatic carbocycles. The zero-order chi connectivity index (χ0) is 16.4. The lowest BCUT2D eigenvalue weighted by Gasteiger charge is -2.18. The Balaban J connectivity index is 2.07. The smallest absolute Gasteiger partial charge is 0.186 e. The molecule has 6 nitrogen and oxygen atoms in total. The number of hydrogen-bond donors (Lipinski definition) is 4. The van der Waals surface area contributed by atoms with Gasteiger partial charge in [0.2, 0.25) is 0 Å². The van der Waals surface area contributed by atoms with E-state index in [0.717, 1.165) is 12.8 Å². The van der Waals surface area contributed by atoms with Gasteiger partial charge in [-0.05, 0) is 6.42 Å². The molecule has 4 N–H and O–H groups in total. The van der Waals surface area contributed by atoms with Crippen LogP contribution in [0.25, 0.3) is 0 Å². The summed E-state index contributed by atoms with van der Waals surface area (Å²) < 4.78 is 10.7. The molecule has 1 aliphatic heterocycles. The topological polar surface area (TPSA) is 99.4 Å². The molecular formula is C16H32O6. The van der Waals surface area contributed by atoms with Gasteiger partial charge in [0.15, 0.2) is 6.29 Å². The Hall–Kier alpha value is -0.240. The molecule has 0 aromatic rings. The van der Waals surface area contributed by atoms with E-state index in [9.17, 15) is 15.3 Å². The summed E-state index contributed by atoms with van der Waals surface area (Å²) in [5, 5.41) is 37.9. The molecule has 0 bridgehead atoms. The van der Waals surface area contributed by atoms with E-state index in [2.05, 4.69) is 6.92 Å². The molecule has 0 aromatic heterocycles. The fraction of sp³-hybridized carbons (Fsp3) is 1.00. The van der Waals surface area contributed by atoms with Crippen molar-refractivity contribution in [3.63, 3.8) is 0 Å². The summed E-state index contributed by atoms with van der Waals surface area (Å²) in [4.78, 5) is 0. The first-order valence-corrected chi connectivity index (χ1v) is 8.54. The van der Waals surface area contributed by atoms with Crippen molar-refractivity contribution in [2.75, 3.05) is 13.2 Å². The second kappa shape index (κ2) is 11.3. The summed E-state index contributed by atoms with van der Waals surface area (Å²) >= 11 is 0. The van der Waals surface area contributed by atoms with E-state index in [4.69, 9.17) is 14.6 Å². The van der Waals surface area contributed by atoms with Crippen molar-refractivity contribution in [3.05, 3.63) is 0 Å². The molecule has 1 fully saturated rings. The van der Waals surface area contributed by atoms with E-state index in [0.29, 0.717) is 6.61 Å². The van der Waals surface area contributed by atoms with Crippen LogP contribution in [-0.4, -0.2) is 64.3 Å². The molecule has 1 heterocycles. The van der Waals surface area contributed by atoms with Crippen LogP contribution in [-0.2, 0) is 9.47 Å². The maximum Gasteiger partial charge on any atom is 0.186 e. The van der Waals surface area contributed by atoms with Gasteiger partial charge in [-0.25, -0.2) is 0 Å². The van der Waals surface area contributed by atoms with Crippen LogP contribution in [0.4, 0.5) is 0 Å². The van der Waals surface area contributed by atoms with Gasteiger partial charge in [-0.3, -0.25) is 0 Å². The Morgan fingerprint density at radius 1 is 0.955 bits per heavy atom. The maximum atomic E-state index is 9.80. The molecule has 1 rings (SSSR count). The lowest BCUT2D eigenvalue weighted by molar-refractivity contribution is -0.181. The van der Waals surface area contributed by atoms with Gasteiger partial charge in [0.25, 0.3) is 0 Å². The Labute approximate surface area is 133 Å². The fourth-order valence-electron chi connectivity index (χ4n) is 2.67. The molecule has 132 valence electrons. The van der Waals surface area contributed by atoms with Crippen molar-refractivity contribution >= 4 is 0 Å². The van der Waals surface area contributed by atoms with Crippen molar-refractivity contribution in [3.8, 4) is 0 Å². The van der Waals surface area contributed by atoms with E-state index in [1.165, 1.54) is 38.5 Å². The van der Waals surface area contributed by atoms with Crippen LogP contribution in [0.2, 0.25) is 0 Å². The fourth-order valence-corrected chi connectivity index (χ4v) is 2.67. The highest BCUT2D eigenvalue weighted by Crippen LogP contribution is 2.24. The van der Waals surface area contributed by atoms with Gasteiger partial charge in [-0.2, -0.15) is 0 Å². The molecule has 1 aliphatic rings. The molecule has 1 saturated heterocycles. The molecule has 0 aliphatic carbocycles. The van der Waals surface area contributed by atoms with E-state index >= 15 is 0 Å². The van der Waals surface area contributed by atoms with Crippen LogP contribution in [0.1, 0.15) is 58.3 Å². The zero-order valence-electron chi connectivity index (χ0n) is 13.6. The van der Waals surface area contributed by atoms with Gasteiger partial charge in [-0.1, -0.05) is 51.9 Å². The second-order valence-corrected chi connectivity index (χ2v) is 6.05. The molecule has 0 spiro atoms. The molecule has 22 heavy (non-hydrogen) atoms. The first-order valence-electron chi connectivity index (χ1n) is 8.54. The minimum absolute atomic E-state index is 0.450. The van der Waals surface area contributed by atoms with Gasteiger partial charge >= 0.3 is 0 Å². The van der Waals surface area contributed by atoms with Crippen molar-refractivity contribution in [2.24, 2.45) is 0 Å². The van der Waals surface area contributed by atoms with Gasteiger partial charge < -0.3 is 29.9 Å². The Morgan fingerprint density at radius 2 is 1.55 bits per heavy atom. The van der Waals surface area contributed by atoms with Crippen LogP contribution >= 0.6 is 0 Å². The number of aliphatic hydroxyl groups is 4. The van der Waals surface area contributed by atoms with Gasteiger partial charge in [-0.15, -0.1) is 0 Å². The van der Waals surface area contributed by atoms with Crippen LogP contribution in [0, 0.1) is 0 Å². The third kappa shape index (κ3) is 6.48. The van der Waals surface area contributed by atoms with Crippen molar-refractivity contribution < 1.29 is 29.9 Å². The van der Waals surface area contributed by atoms with Crippen molar-refractivity contribution in [2.45, 2.75) is 89.0 Å². The van der Waals surface area contributed by atoms with E-state index in [-0.39, 0.29) is 0 Å². The molecule has 6 heteroatoms. The maximum absolute atomic E-state index is 9.80. The molecule has 5 atom stereocenters. The van der Waals surface area contributed by atoms with E-state index in [1.807, 2.05) is 0 Å². The number of aliphatic hydroxyl groups excluding tert-OH is 4. The lowest BCUT2D eigenvalue weighted by atomic mass is 10.1. The minimum Gasteiger partial charge on any atom is -0.394 e. The SMILES string of the molecule is CCCCCCCCCCO[C@@H]1O[C@@H]([C@H](O)CO)[C@H](O)[C@H]1O. The highest BCUT2D eigenvalue weighted by Gasteiger charge is 2.46. The molecule has 0 unspecified atom stereocenters. The minimum atomic E-state index is -1.24. The summed E-state index contributed by atoms with van der Waals surface area (Å²) in [6, 6.07) is 0. The summed E-state index contributed by atoms with van der Waals surface area (Å²) in [5.74, 6) is 0. The second-order valence-electron chi connectivity index (χ2n) is 6.05. The third-order valence-corrected chi connectivity index (χ3v) is 4.10. The summed E-state index contributed by atoms with van der Waals surface area (Å²) in [5.41, 5.74) is 0. The number of hydrogen-bond acceptors (Lipinski definition) is 6. The lowest BCUT2D eigenvalue weighted by Crippen LogP contribution is -2.40. The van der Waals surface area contributed by atoms with E-state index in [1.54, 1.807) is 0 Å². The standard InChI is InChI=1S/C16H32O6/c1-2-3-4-5-6-7-8-9-10-21-16-14(20)13(19)15(22-16)12(18)11-17/h12-20H,2-11H2,1H3/t12-,13-,14-,15+,16-/m1/s1. The zero-order valence-corrected chi connectivity index (χ0v) is 13.6. The quantitative estimate of drug-likeness (QED) is 0.400. The van der Waals surface area contributed by atoms with E-state index < -0.39 is 37.3 Å². The van der Waals surface area contributed by atoms with Crippen LogP contribution in [0.15, 0.2) is 0 Å². The summed E-state index contributed by atoms with van der Waals surface area (Å²) in [7, 11) is 0. The monoisotopic (exact) mass is 320 g/mol. The molecule has 0 saturated carbocycles. The Kier molecular flexibility index (Phi) is 10.2. The predicted molar refractivity (Wildman–Crippen MR) is 82.3 cm³/mol. The van der Waals surface area contributed by atoms with Gasteiger partial charge in [0.1, 0.15) is 24.4 Å². The molecular weight excluding hydrogens is 288 g/mol. The Morgan fingerprint density at radius 3 is 2.14 bits per heavy atom. The first-order chi connectivity index (χ1) is 10.6. The number of ether oxygens (including phenoxy) is 2. The largest absolute Gasteiger partial charge is 0.394 e. The first kappa shape index (κ1) is 19.8. The Bertz CT molecular complexity index is 275. The van der Waals surface area contributed by atoms with Crippen LogP contribution in [0.5, 0.6) is 0 Å². The normalized spacial score (nSPS) is 29.9. The highest BCUT2D eigenvalue weighted by atomic mass is 16.7. The van der Waals surface area contributed by atoms with Gasteiger partial charge in [0.05, 0.1) is 6.61 Å². The average molecular weight is 320 g/mol. The number of unbranched alkanes of at least 4 members (excludes halogenated alkanes) is 7. The van der Waals surface area contributed by atoms with Crippen molar-refractivity contribution in [1.29, 1.82) is 0 Å². The van der Waals surface area contributed by atoms with Crippen LogP contribution < -0.4 is 0 Å².